The topological polar surface area (TPSA) is 87.4 Å². The molecule has 0 bridgehead atoms. The first-order chi connectivity index (χ1) is 7.81. The number of nitrogens with zero attached hydrogens (tertiary/aromatic N) is 6. The van der Waals surface area contributed by atoms with E-state index < -0.39 is 0 Å². The van der Waals surface area contributed by atoms with Gasteiger partial charge in [-0.25, -0.2) is 9.67 Å². The van der Waals surface area contributed by atoms with Gasteiger partial charge in [0.15, 0.2) is 0 Å². The van der Waals surface area contributed by atoms with Crippen molar-refractivity contribution in [1.82, 2.24) is 29.8 Å². The zero-order valence-corrected chi connectivity index (χ0v) is 9.76. The minimum Gasteiger partial charge on any atom is -0.337 e. The van der Waals surface area contributed by atoms with Gasteiger partial charge in [-0.3, -0.25) is 0 Å². The van der Waals surface area contributed by atoms with Crippen LogP contribution in [0.1, 0.15) is 5.69 Å². The van der Waals surface area contributed by atoms with Gasteiger partial charge in [-0.15, -0.1) is 5.10 Å². The van der Waals surface area contributed by atoms with Crippen molar-refractivity contribution in [1.29, 1.82) is 0 Å². The maximum absolute atomic E-state index is 5.46. The largest absolute Gasteiger partial charge is 0.337 e. The Balaban J connectivity index is 1.99. The normalized spacial score (nSPS) is 10.9. The molecule has 86 valence electrons. The van der Waals surface area contributed by atoms with Crippen molar-refractivity contribution in [3.05, 3.63) is 18.2 Å². The summed E-state index contributed by atoms with van der Waals surface area (Å²) in [5.41, 5.74) is 6.60. The molecular formula is C8H13N7S. The van der Waals surface area contributed by atoms with Crippen LogP contribution in [0.25, 0.3) is 0 Å². The number of rotatable bonds is 5. The van der Waals surface area contributed by atoms with E-state index in [1.54, 1.807) is 22.8 Å². The van der Waals surface area contributed by atoms with Crippen LogP contribution >= 0.6 is 11.8 Å². The lowest BCUT2D eigenvalue weighted by Crippen LogP contribution is -2.12. The third kappa shape index (κ3) is 2.39. The summed E-state index contributed by atoms with van der Waals surface area (Å²) in [4.78, 5) is 4.05. The molecule has 2 aromatic heterocycles. The van der Waals surface area contributed by atoms with E-state index in [1.165, 1.54) is 0 Å². The number of hydrogen-bond acceptors (Lipinski definition) is 6. The fraction of sp³-hybridized carbons (Fsp3) is 0.500. The predicted molar refractivity (Wildman–Crippen MR) is 59.6 cm³/mol. The van der Waals surface area contributed by atoms with Gasteiger partial charge in [0.2, 0.25) is 5.16 Å². The first-order valence-electron chi connectivity index (χ1n) is 4.85. The molecule has 0 radical (unpaired) electrons. The monoisotopic (exact) mass is 239 g/mol. The van der Waals surface area contributed by atoms with Crippen LogP contribution in [-0.2, 0) is 19.3 Å². The molecule has 7 nitrogen and oxygen atoms in total. The fourth-order valence-corrected chi connectivity index (χ4v) is 2.15. The Kier molecular flexibility index (Phi) is 3.52. The fourth-order valence-electron chi connectivity index (χ4n) is 1.22. The second-order valence-electron chi connectivity index (χ2n) is 3.26. The number of tetrazole rings is 1. The average molecular weight is 239 g/mol. The first-order valence-corrected chi connectivity index (χ1v) is 5.84. The van der Waals surface area contributed by atoms with E-state index in [1.807, 2.05) is 17.8 Å². The zero-order chi connectivity index (χ0) is 11.4. The van der Waals surface area contributed by atoms with Crippen molar-refractivity contribution < 1.29 is 0 Å². The highest BCUT2D eigenvalue weighted by Gasteiger charge is 2.07. The number of imidazole rings is 1. The second kappa shape index (κ2) is 5.08. The van der Waals surface area contributed by atoms with Gasteiger partial charge in [0.1, 0.15) is 0 Å². The summed E-state index contributed by atoms with van der Waals surface area (Å²) in [7, 11) is 1.96. The number of hydrogen-bond donors (Lipinski definition) is 1. The van der Waals surface area contributed by atoms with E-state index in [4.69, 9.17) is 5.73 Å². The smallest absolute Gasteiger partial charge is 0.209 e. The number of aromatic nitrogens is 6. The summed E-state index contributed by atoms with van der Waals surface area (Å²) < 4.78 is 3.69. The molecule has 0 aromatic carbocycles. The number of aryl methyl sites for hydroxylation is 1. The Morgan fingerprint density at radius 1 is 1.50 bits per heavy atom. The van der Waals surface area contributed by atoms with Gasteiger partial charge < -0.3 is 10.3 Å². The maximum atomic E-state index is 5.46. The van der Waals surface area contributed by atoms with E-state index in [-0.39, 0.29) is 0 Å². The standard InChI is InChI=1S/C8H13N7S/c1-14-6-10-4-7(14)5-16-8-11-12-13-15(8)3-2-9/h4,6H,2-3,5,9H2,1H3. The van der Waals surface area contributed by atoms with Gasteiger partial charge in [0, 0.05) is 31.2 Å². The van der Waals surface area contributed by atoms with Crippen LogP contribution in [0.4, 0.5) is 0 Å². The SMILES string of the molecule is Cn1cncc1CSc1nnnn1CCN. The molecule has 0 fully saturated rings. The maximum Gasteiger partial charge on any atom is 0.209 e. The highest BCUT2D eigenvalue weighted by Crippen LogP contribution is 2.18. The van der Waals surface area contributed by atoms with E-state index in [0.717, 1.165) is 16.6 Å². The van der Waals surface area contributed by atoms with Gasteiger partial charge in [-0.1, -0.05) is 11.8 Å². The van der Waals surface area contributed by atoms with Crippen molar-refractivity contribution in [2.24, 2.45) is 12.8 Å². The van der Waals surface area contributed by atoms with Crippen LogP contribution in [0.5, 0.6) is 0 Å². The van der Waals surface area contributed by atoms with Gasteiger partial charge >= 0.3 is 0 Å². The van der Waals surface area contributed by atoms with Crippen LogP contribution in [0.2, 0.25) is 0 Å². The van der Waals surface area contributed by atoms with Gasteiger partial charge in [0.05, 0.1) is 12.9 Å². The molecule has 0 spiro atoms. The molecule has 2 heterocycles. The summed E-state index contributed by atoms with van der Waals surface area (Å²) >= 11 is 1.58. The van der Waals surface area contributed by atoms with Crippen LogP contribution < -0.4 is 5.73 Å². The molecular weight excluding hydrogens is 226 g/mol. The van der Waals surface area contributed by atoms with Crippen LogP contribution in [-0.4, -0.2) is 36.3 Å². The molecule has 2 aromatic rings. The van der Waals surface area contributed by atoms with E-state index in [0.29, 0.717) is 13.1 Å². The molecule has 0 atom stereocenters. The number of thioether (sulfide) groups is 1. The Bertz CT molecular complexity index is 449. The van der Waals surface area contributed by atoms with Gasteiger partial charge in [-0.05, 0) is 10.4 Å². The molecule has 0 aliphatic rings. The third-order valence-corrected chi connectivity index (χ3v) is 3.10. The molecule has 0 aliphatic carbocycles. The third-order valence-electron chi connectivity index (χ3n) is 2.11. The van der Waals surface area contributed by atoms with Crippen molar-refractivity contribution in [3.63, 3.8) is 0 Å². The minimum atomic E-state index is 0.532. The Morgan fingerprint density at radius 2 is 2.38 bits per heavy atom. The van der Waals surface area contributed by atoms with E-state index >= 15 is 0 Å². The van der Waals surface area contributed by atoms with Crippen molar-refractivity contribution >= 4 is 11.8 Å². The first kappa shape index (κ1) is 11.1. The summed E-state index contributed by atoms with van der Waals surface area (Å²) in [5, 5.41) is 12.2. The van der Waals surface area contributed by atoms with Crippen LogP contribution in [0, 0.1) is 0 Å². The van der Waals surface area contributed by atoms with Crippen molar-refractivity contribution in [2.45, 2.75) is 17.5 Å². The molecule has 2 rings (SSSR count). The highest BCUT2D eigenvalue weighted by molar-refractivity contribution is 7.98. The Morgan fingerprint density at radius 3 is 3.06 bits per heavy atom. The van der Waals surface area contributed by atoms with E-state index in [2.05, 4.69) is 20.5 Å². The summed E-state index contributed by atoms with van der Waals surface area (Å²) in [6, 6.07) is 0. The van der Waals surface area contributed by atoms with Crippen LogP contribution in [0.15, 0.2) is 17.7 Å². The molecule has 2 N–H and O–H groups in total. The molecule has 8 heteroatoms. The van der Waals surface area contributed by atoms with Gasteiger partial charge in [0.25, 0.3) is 0 Å². The molecule has 0 saturated carbocycles. The summed E-state index contributed by atoms with van der Waals surface area (Å²) in [6.45, 7) is 1.17. The summed E-state index contributed by atoms with van der Waals surface area (Å²) in [5.74, 6) is 0.793. The van der Waals surface area contributed by atoms with Crippen LogP contribution in [0.3, 0.4) is 0 Å². The van der Waals surface area contributed by atoms with Crippen molar-refractivity contribution in [3.8, 4) is 0 Å². The summed E-state index contributed by atoms with van der Waals surface area (Å²) in [6.07, 6.45) is 3.61. The molecule has 0 unspecified atom stereocenters. The molecule has 0 saturated heterocycles. The predicted octanol–water partition coefficient (Wildman–Crippen LogP) is -0.342. The number of nitrogens with two attached hydrogens (primary N) is 1. The highest BCUT2D eigenvalue weighted by atomic mass is 32.2. The average Bonchev–Trinajstić information content (AvgIpc) is 2.86. The lowest BCUT2D eigenvalue weighted by Gasteiger charge is -2.02. The lowest BCUT2D eigenvalue weighted by molar-refractivity contribution is 0.557. The minimum absolute atomic E-state index is 0.532. The zero-order valence-electron chi connectivity index (χ0n) is 8.94. The quantitative estimate of drug-likeness (QED) is 0.718. The Labute approximate surface area is 97.0 Å². The molecule has 0 aliphatic heterocycles. The van der Waals surface area contributed by atoms with E-state index in [9.17, 15) is 0 Å². The van der Waals surface area contributed by atoms with Gasteiger partial charge in [-0.2, -0.15) is 0 Å². The Hall–Kier alpha value is -1.41. The van der Waals surface area contributed by atoms with Crippen molar-refractivity contribution in [2.75, 3.05) is 6.54 Å². The molecule has 0 amide bonds. The second-order valence-corrected chi connectivity index (χ2v) is 4.20. The lowest BCUT2D eigenvalue weighted by atomic mass is 10.5. The molecule has 16 heavy (non-hydrogen) atoms.